The summed E-state index contributed by atoms with van der Waals surface area (Å²) in [6.07, 6.45) is 3.72. The maximum atomic E-state index is 11.3. The van der Waals surface area contributed by atoms with Crippen LogP contribution in [0.2, 0.25) is 0 Å². The molecule has 112 valence electrons. The largest absolute Gasteiger partial charge is 0.481 e. The molecule has 1 aromatic rings. The number of hydrogen-bond donors (Lipinski definition) is 2. The number of carboxylic acid groups (broad SMARTS) is 1. The molecule has 0 saturated heterocycles. The molecular formula is C15H24N2O2S. The van der Waals surface area contributed by atoms with Crippen molar-refractivity contribution in [3.05, 3.63) is 11.1 Å². The molecule has 0 radical (unpaired) electrons. The average molecular weight is 296 g/mol. The van der Waals surface area contributed by atoms with Crippen molar-refractivity contribution < 1.29 is 9.90 Å². The molecule has 1 aliphatic carbocycles. The van der Waals surface area contributed by atoms with Gasteiger partial charge in [0.05, 0.1) is 5.69 Å². The number of thiazole rings is 1. The summed E-state index contributed by atoms with van der Waals surface area (Å²) in [5, 5.41) is 15.5. The Morgan fingerprint density at radius 2 is 2.15 bits per heavy atom. The number of carboxylic acids is 1. The zero-order chi connectivity index (χ0) is 14.9. The fourth-order valence-corrected chi connectivity index (χ4v) is 3.62. The molecule has 1 heterocycles. The number of aromatic nitrogens is 1. The van der Waals surface area contributed by atoms with Gasteiger partial charge in [0.25, 0.3) is 0 Å². The Morgan fingerprint density at radius 1 is 1.45 bits per heavy atom. The molecule has 0 aliphatic heterocycles. The summed E-state index contributed by atoms with van der Waals surface area (Å²) in [5.41, 5.74) is -0.295. The molecule has 0 amide bonds. The Bertz CT molecular complexity index is 484. The number of carbonyl (C=O) groups is 1. The van der Waals surface area contributed by atoms with Gasteiger partial charge >= 0.3 is 5.97 Å². The predicted molar refractivity (Wildman–Crippen MR) is 82.4 cm³/mol. The van der Waals surface area contributed by atoms with E-state index in [0.717, 1.165) is 11.0 Å². The molecule has 3 unspecified atom stereocenters. The Hall–Kier alpha value is -1.10. The maximum absolute atomic E-state index is 11.3. The number of hydrogen-bond acceptors (Lipinski definition) is 4. The van der Waals surface area contributed by atoms with Crippen molar-refractivity contribution in [2.45, 2.75) is 58.4 Å². The normalized spacial score (nSPS) is 27.3. The molecule has 1 aliphatic rings. The highest BCUT2D eigenvalue weighted by Crippen LogP contribution is 2.33. The highest BCUT2D eigenvalue weighted by atomic mass is 32.1. The van der Waals surface area contributed by atoms with E-state index >= 15 is 0 Å². The van der Waals surface area contributed by atoms with E-state index in [1.807, 2.05) is 5.38 Å². The lowest BCUT2D eigenvalue weighted by atomic mass is 9.78. The first kappa shape index (κ1) is 15.3. The summed E-state index contributed by atoms with van der Waals surface area (Å²) in [6.45, 7) is 7.98. The molecule has 20 heavy (non-hydrogen) atoms. The Kier molecular flexibility index (Phi) is 4.37. The van der Waals surface area contributed by atoms with E-state index in [1.165, 1.54) is 30.6 Å². The fourth-order valence-electron chi connectivity index (χ4n) is 2.68. The van der Waals surface area contributed by atoms with Gasteiger partial charge in [0.2, 0.25) is 0 Å². The van der Waals surface area contributed by atoms with Crippen molar-refractivity contribution in [1.29, 1.82) is 0 Å². The number of aliphatic carboxylic acids is 1. The highest BCUT2D eigenvalue weighted by molar-refractivity contribution is 7.13. The van der Waals surface area contributed by atoms with Crippen LogP contribution in [0.15, 0.2) is 5.38 Å². The molecule has 3 atom stereocenters. The van der Waals surface area contributed by atoms with Crippen LogP contribution in [-0.2, 0) is 10.2 Å². The van der Waals surface area contributed by atoms with Gasteiger partial charge in [0.1, 0.15) is 5.41 Å². The topological polar surface area (TPSA) is 62.2 Å². The average Bonchev–Trinajstić information content (AvgIpc) is 2.84. The first-order chi connectivity index (χ1) is 9.32. The van der Waals surface area contributed by atoms with Crippen molar-refractivity contribution in [3.63, 3.8) is 0 Å². The predicted octanol–water partition coefficient (Wildman–Crippen LogP) is 3.74. The molecule has 1 saturated carbocycles. The van der Waals surface area contributed by atoms with E-state index in [9.17, 15) is 9.90 Å². The van der Waals surface area contributed by atoms with Crippen LogP contribution in [0.4, 0.5) is 5.13 Å². The fraction of sp³-hybridized carbons (Fsp3) is 0.733. The van der Waals surface area contributed by atoms with Crippen LogP contribution >= 0.6 is 11.3 Å². The van der Waals surface area contributed by atoms with Crippen LogP contribution in [-0.4, -0.2) is 22.1 Å². The number of rotatable bonds is 4. The molecule has 1 aromatic heterocycles. The van der Waals surface area contributed by atoms with Crippen molar-refractivity contribution in [2.24, 2.45) is 11.8 Å². The summed E-state index contributed by atoms with van der Waals surface area (Å²) >= 11 is 1.51. The molecule has 0 aromatic carbocycles. The Labute approximate surface area is 124 Å². The van der Waals surface area contributed by atoms with Crippen LogP contribution in [0.25, 0.3) is 0 Å². The Morgan fingerprint density at radius 3 is 2.80 bits per heavy atom. The number of anilines is 1. The van der Waals surface area contributed by atoms with Crippen LogP contribution in [0, 0.1) is 11.8 Å². The third kappa shape index (κ3) is 2.97. The van der Waals surface area contributed by atoms with Gasteiger partial charge in [-0.2, -0.15) is 0 Å². The molecule has 2 N–H and O–H groups in total. The SMILES string of the molecule is CC1CCCC(Nc2nc(C(C)(C)C(=O)O)cs2)C1C. The van der Waals surface area contributed by atoms with E-state index in [1.54, 1.807) is 13.8 Å². The summed E-state index contributed by atoms with van der Waals surface area (Å²) < 4.78 is 0. The van der Waals surface area contributed by atoms with Gasteiger partial charge in [-0.1, -0.05) is 26.7 Å². The van der Waals surface area contributed by atoms with Crippen LogP contribution < -0.4 is 5.32 Å². The maximum Gasteiger partial charge on any atom is 0.315 e. The summed E-state index contributed by atoms with van der Waals surface area (Å²) in [4.78, 5) is 15.7. The van der Waals surface area contributed by atoms with Gasteiger partial charge in [-0.3, -0.25) is 4.79 Å². The molecule has 0 bridgehead atoms. The van der Waals surface area contributed by atoms with Gasteiger partial charge in [-0.15, -0.1) is 11.3 Å². The molecule has 2 rings (SSSR count). The summed E-state index contributed by atoms with van der Waals surface area (Å²) in [7, 11) is 0. The smallest absolute Gasteiger partial charge is 0.315 e. The minimum atomic E-state index is -0.929. The second kappa shape index (κ2) is 5.72. The van der Waals surface area contributed by atoms with E-state index < -0.39 is 11.4 Å². The van der Waals surface area contributed by atoms with Crippen LogP contribution in [0.5, 0.6) is 0 Å². The minimum absolute atomic E-state index is 0.450. The second-order valence-electron chi connectivity index (χ2n) is 6.49. The number of nitrogens with one attached hydrogen (secondary N) is 1. The second-order valence-corrected chi connectivity index (χ2v) is 7.34. The van der Waals surface area contributed by atoms with Crippen molar-refractivity contribution in [3.8, 4) is 0 Å². The van der Waals surface area contributed by atoms with E-state index in [-0.39, 0.29) is 0 Å². The first-order valence-corrected chi connectivity index (χ1v) is 8.16. The molecule has 0 spiro atoms. The van der Waals surface area contributed by atoms with Crippen molar-refractivity contribution in [1.82, 2.24) is 4.98 Å². The minimum Gasteiger partial charge on any atom is -0.481 e. The number of nitrogens with zero attached hydrogens (tertiary/aromatic N) is 1. The Balaban J connectivity index is 2.08. The van der Waals surface area contributed by atoms with Gasteiger partial charge < -0.3 is 10.4 Å². The third-order valence-corrected chi connectivity index (χ3v) is 5.47. The van der Waals surface area contributed by atoms with Crippen LogP contribution in [0.3, 0.4) is 0 Å². The molecule has 4 nitrogen and oxygen atoms in total. The van der Waals surface area contributed by atoms with Gasteiger partial charge in [0.15, 0.2) is 5.13 Å². The molecular weight excluding hydrogens is 272 g/mol. The summed E-state index contributed by atoms with van der Waals surface area (Å²) in [6, 6.07) is 0.450. The van der Waals surface area contributed by atoms with E-state index in [0.29, 0.717) is 17.7 Å². The quantitative estimate of drug-likeness (QED) is 0.888. The third-order valence-electron chi connectivity index (χ3n) is 4.69. The molecule has 1 fully saturated rings. The van der Waals surface area contributed by atoms with E-state index in [2.05, 4.69) is 24.1 Å². The van der Waals surface area contributed by atoms with Crippen molar-refractivity contribution in [2.75, 3.05) is 5.32 Å². The zero-order valence-corrected chi connectivity index (χ0v) is 13.5. The van der Waals surface area contributed by atoms with Gasteiger partial charge in [0, 0.05) is 11.4 Å². The summed E-state index contributed by atoms with van der Waals surface area (Å²) in [5.74, 6) is 0.522. The lowest BCUT2D eigenvalue weighted by Crippen LogP contribution is -2.35. The lowest BCUT2D eigenvalue weighted by molar-refractivity contribution is -0.142. The standard InChI is InChI=1S/C15H24N2O2S/c1-9-6-5-7-11(10(9)2)16-14-17-12(8-20-14)15(3,4)13(18)19/h8-11H,5-7H2,1-4H3,(H,16,17)(H,18,19). The van der Waals surface area contributed by atoms with Gasteiger partial charge in [-0.05, 0) is 32.1 Å². The van der Waals surface area contributed by atoms with E-state index in [4.69, 9.17) is 0 Å². The monoisotopic (exact) mass is 296 g/mol. The van der Waals surface area contributed by atoms with Gasteiger partial charge in [-0.25, -0.2) is 4.98 Å². The molecule has 5 heteroatoms. The zero-order valence-electron chi connectivity index (χ0n) is 12.6. The van der Waals surface area contributed by atoms with Crippen LogP contribution in [0.1, 0.15) is 52.7 Å². The lowest BCUT2D eigenvalue weighted by Gasteiger charge is -2.34. The van der Waals surface area contributed by atoms with Crippen molar-refractivity contribution >= 4 is 22.4 Å². The highest BCUT2D eigenvalue weighted by Gasteiger charge is 2.33. The first-order valence-electron chi connectivity index (χ1n) is 7.28.